The highest BCUT2D eigenvalue weighted by Gasteiger charge is 2.42. The highest BCUT2D eigenvalue weighted by atomic mass is 16.5. The van der Waals surface area contributed by atoms with Gasteiger partial charge < -0.3 is 28.6 Å². The van der Waals surface area contributed by atoms with Gasteiger partial charge in [-0.15, -0.1) is 0 Å². The Morgan fingerprint density at radius 2 is 1.39 bits per heavy atom. The minimum atomic E-state index is -0.500. The number of hydrogen-bond donors (Lipinski definition) is 0. The average molecular weight is 607 g/mol. The number of ether oxygens (including phenoxy) is 5. The molecule has 238 valence electrons. The number of esters is 1. The van der Waals surface area contributed by atoms with Gasteiger partial charge in [-0.1, -0.05) is 13.3 Å². The van der Waals surface area contributed by atoms with E-state index in [-0.39, 0.29) is 23.6 Å². The fourth-order valence-corrected chi connectivity index (χ4v) is 7.58. The molecule has 44 heavy (non-hydrogen) atoms. The van der Waals surface area contributed by atoms with Crippen LogP contribution in [0.2, 0.25) is 0 Å². The predicted molar refractivity (Wildman–Crippen MR) is 168 cm³/mol. The van der Waals surface area contributed by atoms with E-state index in [4.69, 9.17) is 23.7 Å². The molecule has 5 rings (SSSR count). The van der Waals surface area contributed by atoms with Crippen LogP contribution in [0.25, 0.3) is 0 Å². The molecular formula is C35H46N2O7. The van der Waals surface area contributed by atoms with Gasteiger partial charge in [0.25, 0.3) is 0 Å². The number of benzene rings is 2. The molecule has 9 heteroatoms. The predicted octanol–water partition coefficient (Wildman–Crippen LogP) is 5.30. The van der Waals surface area contributed by atoms with Crippen LogP contribution in [0.1, 0.15) is 67.4 Å². The Morgan fingerprint density at radius 3 is 1.98 bits per heavy atom. The second-order valence-electron chi connectivity index (χ2n) is 12.1. The van der Waals surface area contributed by atoms with Crippen molar-refractivity contribution in [2.24, 2.45) is 11.8 Å². The number of methoxy groups -OCH3 is 5. The van der Waals surface area contributed by atoms with Gasteiger partial charge in [0, 0.05) is 37.3 Å². The van der Waals surface area contributed by atoms with E-state index in [1.165, 1.54) is 24.3 Å². The number of hydrogen-bond acceptors (Lipinski definition) is 8. The van der Waals surface area contributed by atoms with E-state index >= 15 is 0 Å². The number of piperidine rings is 1. The van der Waals surface area contributed by atoms with Crippen molar-refractivity contribution in [2.75, 3.05) is 55.2 Å². The van der Waals surface area contributed by atoms with E-state index < -0.39 is 5.97 Å². The molecule has 4 atom stereocenters. The highest BCUT2D eigenvalue weighted by Crippen LogP contribution is 2.49. The number of amides is 1. The van der Waals surface area contributed by atoms with Crippen molar-refractivity contribution in [3.63, 3.8) is 0 Å². The summed E-state index contributed by atoms with van der Waals surface area (Å²) in [4.78, 5) is 30.5. The van der Waals surface area contributed by atoms with Crippen LogP contribution in [-0.4, -0.2) is 76.9 Å². The minimum Gasteiger partial charge on any atom is -0.493 e. The van der Waals surface area contributed by atoms with E-state index in [9.17, 15) is 9.59 Å². The van der Waals surface area contributed by atoms with Crippen LogP contribution in [0.4, 0.5) is 0 Å². The topological polar surface area (TPSA) is 86.8 Å². The standard InChI is InChI=1S/C35H46N2O7/c1-8-22-20-36-11-9-23-16-30(40-3)32(42-5)18-26(23)28(36)14-25(22)15-29-27-19-33(43-6)31(41-4)17-24(27)10-12-37(29)34(38)13-21(2)35(39)44-7/h13,16-19,22,25,28-29H,8-12,14-15,20H2,1-7H3. The van der Waals surface area contributed by atoms with E-state index in [2.05, 4.69) is 30.0 Å². The Balaban J connectivity index is 1.53. The third kappa shape index (κ3) is 5.99. The Morgan fingerprint density at radius 1 is 0.818 bits per heavy atom. The maximum Gasteiger partial charge on any atom is 0.333 e. The smallest absolute Gasteiger partial charge is 0.333 e. The maximum atomic E-state index is 13.8. The molecule has 2 aromatic carbocycles. The molecule has 0 saturated carbocycles. The fourth-order valence-electron chi connectivity index (χ4n) is 7.58. The Labute approximate surface area is 261 Å². The molecule has 0 aliphatic carbocycles. The summed E-state index contributed by atoms with van der Waals surface area (Å²) < 4.78 is 27.5. The lowest BCUT2D eigenvalue weighted by atomic mass is 9.72. The monoisotopic (exact) mass is 606 g/mol. The zero-order chi connectivity index (χ0) is 31.5. The lowest BCUT2D eigenvalue weighted by molar-refractivity contribution is -0.137. The SMILES string of the molecule is CCC1CN2CCc3cc(OC)c(OC)cc3C2CC1CC1c2cc(OC)c(OC)cc2CCN1C(=O)C=C(C)C(=O)OC. The summed E-state index contributed by atoms with van der Waals surface area (Å²) in [6.07, 6.45) is 5.95. The maximum absolute atomic E-state index is 13.8. The van der Waals surface area contributed by atoms with Gasteiger partial charge in [0.2, 0.25) is 5.91 Å². The normalized spacial score (nSPS) is 23.2. The van der Waals surface area contributed by atoms with E-state index in [0.29, 0.717) is 36.3 Å². The summed E-state index contributed by atoms with van der Waals surface area (Å²) in [5, 5.41) is 0. The number of carbonyl (C=O) groups is 2. The van der Waals surface area contributed by atoms with Crippen LogP contribution in [0.5, 0.6) is 23.0 Å². The second kappa shape index (κ2) is 13.5. The summed E-state index contributed by atoms with van der Waals surface area (Å²) in [5.74, 6) is 3.04. The first-order chi connectivity index (χ1) is 21.3. The van der Waals surface area contributed by atoms with Crippen molar-refractivity contribution >= 4 is 11.9 Å². The average Bonchev–Trinajstić information content (AvgIpc) is 3.05. The number of rotatable bonds is 9. The van der Waals surface area contributed by atoms with Crippen molar-refractivity contribution in [1.82, 2.24) is 9.80 Å². The number of nitrogens with zero attached hydrogens (tertiary/aromatic N) is 2. The van der Waals surface area contributed by atoms with Gasteiger partial charge in [-0.3, -0.25) is 9.69 Å². The summed E-state index contributed by atoms with van der Waals surface area (Å²) in [5.41, 5.74) is 5.17. The summed E-state index contributed by atoms with van der Waals surface area (Å²) in [6.45, 7) is 6.48. The first-order valence-corrected chi connectivity index (χ1v) is 15.6. The van der Waals surface area contributed by atoms with Crippen LogP contribution in [-0.2, 0) is 27.2 Å². The first kappa shape index (κ1) is 31.7. The zero-order valence-electron chi connectivity index (χ0n) is 27.1. The molecule has 4 unspecified atom stereocenters. The van der Waals surface area contributed by atoms with Gasteiger partial charge in [-0.25, -0.2) is 4.79 Å². The van der Waals surface area contributed by atoms with Crippen molar-refractivity contribution in [1.29, 1.82) is 0 Å². The van der Waals surface area contributed by atoms with Crippen LogP contribution < -0.4 is 18.9 Å². The van der Waals surface area contributed by atoms with Crippen molar-refractivity contribution in [2.45, 2.75) is 58.0 Å². The highest BCUT2D eigenvalue weighted by molar-refractivity contribution is 5.98. The second-order valence-corrected chi connectivity index (χ2v) is 12.1. The lowest BCUT2D eigenvalue weighted by Gasteiger charge is -2.49. The molecular weight excluding hydrogens is 560 g/mol. The molecule has 1 amide bonds. The summed E-state index contributed by atoms with van der Waals surface area (Å²) in [6, 6.07) is 8.49. The molecule has 2 aromatic rings. The van der Waals surface area contributed by atoms with Crippen LogP contribution in [0.15, 0.2) is 35.9 Å². The molecule has 3 aliphatic rings. The zero-order valence-corrected chi connectivity index (χ0v) is 27.1. The van der Waals surface area contributed by atoms with Gasteiger partial charge in [-0.05, 0) is 91.0 Å². The van der Waals surface area contributed by atoms with Gasteiger partial charge >= 0.3 is 5.97 Å². The van der Waals surface area contributed by atoms with E-state index in [1.807, 2.05) is 11.0 Å². The van der Waals surface area contributed by atoms with Crippen LogP contribution in [0, 0.1) is 11.8 Å². The number of carbonyl (C=O) groups excluding carboxylic acids is 2. The molecule has 0 aromatic heterocycles. The molecule has 0 spiro atoms. The van der Waals surface area contributed by atoms with Gasteiger partial charge in [0.05, 0.1) is 41.6 Å². The molecule has 0 radical (unpaired) electrons. The van der Waals surface area contributed by atoms with Crippen molar-refractivity contribution in [3.05, 3.63) is 58.2 Å². The Bertz CT molecular complexity index is 1420. The van der Waals surface area contributed by atoms with E-state index in [1.54, 1.807) is 35.4 Å². The molecule has 9 nitrogen and oxygen atoms in total. The van der Waals surface area contributed by atoms with Gasteiger partial charge in [0.1, 0.15) is 0 Å². The van der Waals surface area contributed by atoms with E-state index in [0.717, 1.165) is 61.4 Å². The third-order valence-electron chi connectivity index (χ3n) is 9.96. The fraction of sp³-hybridized carbons (Fsp3) is 0.543. The molecule has 3 heterocycles. The quantitative estimate of drug-likeness (QED) is 0.281. The molecule has 0 N–H and O–H groups in total. The van der Waals surface area contributed by atoms with Crippen molar-refractivity contribution in [3.8, 4) is 23.0 Å². The summed E-state index contributed by atoms with van der Waals surface area (Å²) in [7, 11) is 7.99. The number of fused-ring (bicyclic) bond motifs is 4. The van der Waals surface area contributed by atoms with Crippen LogP contribution >= 0.6 is 0 Å². The third-order valence-corrected chi connectivity index (χ3v) is 9.96. The lowest BCUT2D eigenvalue weighted by Crippen LogP contribution is -2.47. The van der Waals surface area contributed by atoms with Crippen molar-refractivity contribution < 1.29 is 33.3 Å². The Kier molecular flexibility index (Phi) is 9.73. The summed E-state index contributed by atoms with van der Waals surface area (Å²) >= 11 is 0. The molecule has 0 bridgehead atoms. The minimum absolute atomic E-state index is 0.174. The molecule has 1 fully saturated rings. The largest absolute Gasteiger partial charge is 0.493 e. The first-order valence-electron chi connectivity index (χ1n) is 15.6. The Hall–Kier alpha value is -3.72. The van der Waals surface area contributed by atoms with Gasteiger partial charge in [-0.2, -0.15) is 0 Å². The molecule has 3 aliphatic heterocycles. The molecule has 1 saturated heterocycles. The van der Waals surface area contributed by atoms with Crippen LogP contribution in [0.3, 0.4) is 0 Å². The van der Waals surface area contributed by atoms with Gasteiger partial charge in [0.15, 0.2) is 23.0 Å².